The molecule has 1 heterocycles. The van der Waals surface area contributed by atoms with Gasteiger partial charge in [0, 0.05) is 36.1 Å². The average molecular weight is 390 g/mol. The fourth-order valence-electron chi connectivity index (χ4n) is 3.06. The minimum absolute atomic E-state index is 0.00170. The van der Waals surface area contributed by atoms with Crippen molar-refractivity contribution < 1.29 is 22.8 Å². The van der Waals surface area contributed by atoms with Gasteiger partial charge in [-0.2, -0.15) is 0 Å². The number of benzene rings is 2. The number of hydrogen-bond acceptors (Lipinski definition) is 3. The maximum atomic E-state index is 14.0. The number of nitrogens with zero attached hydrogens (tertiary/aromatic N) is 2. The lowest BCUT2D eigenvalue weighted by molar-refractivity contribution is -0.137. The first-order valence-electron chi connectivity index (χ1n) is 9.05. The molecule has 148 valence electrons. The average Bonchev–Trinajstić information content (AvgIpc) is 3.11. The maximum Gasteiger partial charge on any atom is 0.225 e. The Labute approximate surface area is 161 Å². The Morgan fingerprint density at radius 3 is 2.61 bits per heavy atom. The van der Waals surface area contributed by atoms with Gasteiger partial charge >= 0.3 is 0 Å². The van der Waals surface area contributed by atoms with Gasteiger partial charge in [-0.05, 0) is 18.2 Å². The Hall–Kier alpha value is -2.83. The first-order chi connectivity index (χ1) is 13.3. The molecular formula is C21H21F3N2O2. The summed E-state index contributed by atoms with van der Waals surface area (Å²) in [6.45, 7) is 3.69. The zero-order chi connectivity index (χ0) is 20.3. The highest BCUT2D eigenvalue weighted by Crippen LogP contribution is 2.21. The number of carbonyl (C=O) groups excluding carboxylic acids is 1. The molecular weight excluding hydrogens is 369 g/mol. The molecule has 0 radical (unpaired) electrons. The molecule has 1 aliphatic rings. The molecule has 4 nitrogen and oxygen atoms in total. The molecule has 1 unspecified atom stereocenters. The molecule has 0 N–H and O–H groups in total. The topological polar surface area (TPSA) is 41.9 Å². The van der Waals surface area contributed by atoms with E-state index in [0.717, 1.165) is 12.1 Å². The third-order valence-electron chi connectivity index (χ3n) is 4.50. The minimum Gasteiger partial charge on any atom is -0.390 e. The second-order valence-corrected chi connectivity index (χ2v) is 7.09. The molecule has 0 saturated carbocycles. The van der Waals surface area contributed by atoms with E-state index in [1.54, 1.807) is 26.0 Å². The predicted molar refractivity (Wildman–Crippen MR) is 99.0 cm³/mol. The van der Waals surface area contributed by atoms with Gasteiger partial charge in [0.2, 0.25) is 5.91 Å². The lowest BCUT2D eigenvalue weighted by atomic mass is 10.0. The van der Waals surface area contributed by atoms with Crippen LogP contribution in [0.3, 0.4) is 0 Å². The molecule has 1 aliphatic heterocycles. The summed E-state index contributed by atoms with van der Waals surface area (Å²) in [6, 6.07) is 9.33. The van der Waals surface area contributed by atoms with E-state index in [4.69, 9.17) is 4.84 Å². The summed E-state index contributed by atoms with van der Waals surface area (Å²) in [6.07, 6.45) is -0.0264. The van der Waals surface area contributed by atoms with E-state index < -0.39 is 17.7 Å². The molecule has 0 spiro atoms. The van der Waals surface area contributed by atoms with Gasteiger partial charge in [0.1, 0.15) is 17.5 Å². The van der Waals surface area contributed by atoms with Crippen molar-refractivity contribution in [2.75, 3.05) is 6.54 Å². The van der Waals surface area contributed by atoms with Crippen molar-refractivity contribution in [2.24, 2.45) is 11.1 Å². The Morgan fingerprint density at radius 1 is 1.18 bits per heavy atom. The Balaban J connectivity index is 1.71. The van der Waals surface area contributed by atoms with Gasteiger partial charge in [-0.1, -0.05) is 37.2 Å². The summed E-state index contributed by atoms with van der Waals surface area (Å²) in [4.78, 5) is 19.5. The smallest absolute Gasteiger partial charge is 0.225 e. The molecule has 1 amide bonds. The van der Waals surface area contributed by atoms with E-state index in [1.807, 2.05) is 0 Å². The summed E-state index contributed by atoms with van der Waals surface area (Å²) in [5.74, 6) is -2.21. The van der Waals surface area contributed by atoms with E-state index in [9.17, 15) is 18.0 Å². The van der Waals surface area contributed by atoms with Crippen LogP contribution in [0.15, 0.2) is 47.6 Å². The highest BCUT2D eigenvalue weighted by atomic mass is 19.1. The highest BCUT2D eigenvalue weighted by molar-refractivity contribution is 6.01. The molecule has 0 aliphatic carbocycles. The fourth-order valence-corrected chi connectivity index (χ4v) is 3.06. The van der Waals surface area contributed by atoms with Gasteiger partial charge in [0.25, 0.3) is 0 Å². The molecule has 0 aromatic heterocycles. The third-order valence-corrected chi connectivity index (χ3v) is 4.50. The number of carbonyl (C=O) groups is 1. The zero-order valence-corrected chi connectivity index (χ0v) is 15.7. The van der Waals surface area contributed by atoms with Crippen molar-refractivity contribution in [1.82, 2.24) is 4.90 Å². The largest absolute Gasteiger partial charge is 0.390 e. The Bertz CT molecular complexity index is 899. The third kappa shape index (κ3) is 4.71. The van der Waals surface area contributed by atoms with E-state index in [2.05, 4.69) is 5.16 Å². The number of oxime groups is 1. The lowest BCUT2D eigenvalue weighted by Gasteiger charge is -2.26. The summed E-state index contributed by atoms with van der Waals surface area (Å²) < 4.78 is 40.6. The SMILES string of the molecule is CC(C)C(=O)N(Cc1ccc(F)cc1F)CC1CC(c2cccc(F)c2)=NO1. The summed E-state index contributed by atoms with van der Waals surface area (Å²) in [5, 5.41) is 4.01. The normalized spacial score (nSPS) is 16.1. The molecule has 0 saturated heterocycles. The van der Waals surface area contributed by atoms with Gasteiger partial charge in [-0.15, -0.1) is 0 Å². The van der Waals surface area contributed by atoms with Gasteiger partial charge in [0.15, 0.2) is 6.10 Å². The van der Waals surface area contributed by atoms with Crippen LogP contribution in [0.2, 0.25) is 0 Å². The number of halogens is 3. The van der Waals surface area contributed by atoms with Crippen LogP contribution in [0.1, 0.15) is 31.4 Å². The van der Waals surface area contributed by atoms with Crippen LogP contribution in [-0.4, -0.2) is 29.2 Å². The van der Waals surface area contributed by atoms with Crippen LogP contribution < -0.4 is 0 Å². The molecule has 0 fully saturated rings. The van der Waals surface area contributed by atoms with Gasteiger partial charge in [0.05, 0.1) is 12.3 Å². The minimum atomic E-state index is -0.703. The first-order valence-corrected chi connectivity index (χ1v) is 9.05. The standard InChI is InChI=1S/C21H21F3N2O2/c1-13(2)21(27)26(11-15-6-7-17(23)9-19(15)24)12-18-10-20(25-28-18)14-4-3-5-16(22)8-14/h3-9,13,18H,10-12H2,1-2H3. The van der Waals surface area contributed by atoms with Crippen molar-refractivity contribution in [3.8, 4) is 0 Å². The van der Waals surface area contributed by atoms with Crippen molar-refractivity contribution in [1.29, 1.82) is 0 Å². The Kier molecular flexibility index (Phi) is 6.02. The number of rotatable bonds is 6. The lowest BCUT2D eigenvalue weighted by Crippen LogP contribution is -2.39. The molecule has 1 atom stereocenters. The Morgan fingerprint density at radius 2 is 1.93 bits per heavy atom. The van der Waals surface area contributed by atoms with Crippen molar-refractivity contribution >= 4 is 11.6 Å². The van der Waals surface area contributed by atoms with E-state index in [-0.39, 0.29) is 36.3 Å². The highest BCUT2D eigenvalue weighted by Gasteiger charge is 2.28. The second kappa shape index (κ2) is 8.46. The van der Waals surface area contributed by atoms with Crippen LogP contribution in [0, 0.1) is 23.4 Å². The van der Waals surface area contributed by atoms with E-state index >= 15 is 0 Å². The number of hydrogen-bond donors (Lipinski definition) is 0. The quantitative estimate of drug-likeness (QED) is 0.739. The first kappa shape index (κ1) is 19.9. The van der Waals surface area contributed by atoms with Crippen molar-refractivity contribution in [3.05, 3.63) is 71.0 Å². The van der Waals surface area contributed by atoms with Crippen LogP contribution in [-0.2, 0) is 16.2 Å². The monoisotopic (exact) mass is 390 g/mol. The molecule has 3 rings (SSSR count). The van der Waals surface area contributed by atoms with E-state index in [1.165, 1.54) is 23.1 Å². The summed E-state index contributed by atoms with van der Waals surface area (Å²) in [5.41, 5.74) is 1.43. The molecule has 28 heavy (non-hydrogen) atoms. The van der Waals surface area contributed by atoms with Gasteiger partial charge in [-0.3, -0.25) is 4.79 Å². The predicted octanol–water partition coefficient (Wildman–Crippen LogP) is 4.28. The zero-order valence-electron chi connectivity index (χ0n) is 15.7. The maximum absolute atomic E-state index is 14.0. The molecule has 2 aromatic rings. The van der Waals surface area contributed by atoms with Crippen molar-refractivity contribution in [3.63, 3.8) is 0 Å². The van der Waals surface area contributed by atoms with Crippen molar-refractivity contribution in [2.45, 2.75) is 32.9 Å². The van der Waals surface area contributed by atoms with Gasteiger partial charge < -0.3 is 9.74 Å². The van der Waals surface area contributed by atoms with Crippen LogP contribution in [0.25, 0.3) is 0 Å². The van der Waals surface area contributed by atoms with E-state index in [0.29, 0.717) is 17.7 Å². The second-order valence-electron chi connectivity index (χ2n) is 7.09. The summed E-state index contributed by atoms with van der Waals surface area (Å²) in [7, 11) is 0. The molecule has 0 bridgehead atoms. The van der Waals surface area contributed by atoms with Gasteiger partial charge in [-0.25, -0.2) is 13.2 Å². The van der Waals surface area contributed by atoms with Crippen LogP contribution >= 0.6 is 0 Å². The summed E-state index contributed by atoms with van der Waals surface area (Å²) >= 11 is 0. The molecule has 2 aromatic carbocycles. The van der Waals surface area contributed by atoms with Crippen LogP contribution in [0.5, 0.6) is 0 Å². The van der Waals surface area contributed by atoms with Crippen LogP contribution in [0.4, 0.5) is 13.2 Å². The fraction of sp³-hybridized carbons (Fsp3) is 0.333. The number of amides is 1. The molecule has 7 heteroatoms.